The van der Waals surface area contributed by atoms with E-state index in [4.69, 9.17) is 0 Å². The van der Waals surface area contributed by atoms with Gasteiger partial charge in [-0.15, -0.1) is 0 Å². The van der Waals surface area contributed by atoms with Gasteiger partial charge in [-0.2, -0.15) is 0 Å². The normalized spacial score (nSPS) is 16.9. The second-order valence-electron chi connectivity index (χ2n) is 9.41. The predicted molar refractivity (Wildman–Crippen MR) is 127 cm³/mol. The van der Waals surface area contributed by atoms with Crippen molar-refractivity contribution in [2.45, 2.75) is 118 Å². The molecule has 0 N–H and O–H groups in total. The van der Waals surface area contributed by atoms with E-state index in [1.165, 1.54) is 89.9 Å². The average molecular weight is 545 g/mol. The van der Waals surface area contributed by atoms with Crippen molar-refractivity contribution in [1.82, 2.24) is 0 Å². The van der Waals surface area contributed by atoms with Crippen LogP contribution in [0.5, 0.6) is 0 Å². The zero-order valence-corrected chi connectivity index (χ0v) is 24.6. The molecule has 0 radical (unpaired) electrons. The first kappa shape index (κ1) is 31.4. The third kappa shape index (κ3) is 11.4. The van der Waals surface area contributed by atoms with Crippen LogP contribution in [0, 0.1) is 11.8 Å². The van der Waals surface area contributed by atoms with Crippen LogP contribution >= 0.6 is 0 Å². The van der Waals surface area contributed by atoms with Crippen LogP contribution in [0.15, 0.2) is 42.0 Å². The van der Waals surface area contributed by atoms with Crippen LogP contribution < -0.4 is 24.8 Å². The van der Waals surface area contributed by atoms with Crippen LogP contribution in [0.3, 0.4) is 0 Å². The van der Waals surface area contributed by atoms with Crippen molar-refractivity contribution in [3.8, 4) is 0 Å². The van der Waals surface area contributed by atoms with Crippen LogP contribution in [-0.2, 0) is 23.2 Å². The summed E-state index contributed by atoms with van der Waals surface area (Å²) in [5.74, 6) is 1.56. The molecule has 0 heterocycles. The van der Waals surface area contributed by atoms with Gasteiger partial charge in [0.25, 0.3) is 0 Å². The van der Waals surface area contributed by atoms with E-state index in [2.05, 4.69) is 52.0 Å². The summed E-state index contributed by atoms with van der Waals surface area (Å²) in [6, 6.07) is 0. The van der Waals surface area contributed by atoms with E-state index in [-0.39, 0.29) is 24.8 Å². The smallest absolute Gasteiger partial charge is 1.00 e. The fraction of sp³-hybridized carbons (Fsp3) is 0.714. The van der Waals surface area contributed by atoms with Crippen molar-refractivity contribution >= 4 is 0 Å². The van der Waals surface area contributed by atoms with Crippen molar-refractivity contribution in [2.24, 2.45) is 11.8 Å². The summed E-state index contributed by atoms with van der Waals surface area (Å²) in [4.78, 5) is 0. The van der Waals surface area contributed by atoms with Gasteiger partial charge >= 0.3 is 195 Å². The summed E-state index contributed by atoms with van der Waals surface area (Å²) in [6.45, 7) is 9.60. The maximum Gasteiger partial charge on any atom is -1.00 e. The summed E-state index contributed by atoms with van der Waals surface area (Å²) in [5, 5.41) is 0. The van der Waals surface area contributed by atoms with Crippen LogP contribution in [0.4, 0.5) is 0 Å². The SMILES string of the molecule is CCCCCCCC(C)C1=[C]([Zr+2][C]2=C(C(C)CCCCCCC)C=CC2)CC=C1.[Cl-].[Cl-]. The van der Waals surface area contributed by atoms with Crippen LogP contribution in [-0.4, -0.2) is 0 Å². The molecular formula is C28H46Cl2Zr. The molecule has 3 heteroatoms. The zero-order chi connectivity index (χ0) is 20.9. The number of rotatable bonds is 16. The van der Waals surface area contributed by atoms with E-state index in [9.17, 15) is 0 Å². The Morgan fingerprint density at radius 1 is 0.645 bits per heavy atom. The predicted octanol–water partition coefficient (Wildman–Crippen LogP) is 3.50. The van der Waals surface area contributed by atoms with E-state index >= 15 is 0 Å². The first-order valence-corrected chi connectivity index (χ1v) is 15.2. The summed E-state index contributed by atoms with van der Waals surface area (Å²) < 4.78 is 3.78. The van der Waals surface area contributed by atoms with Crippen LogP contribution in [0.2, 0.25) is 0 Å². The van der Waals surface area contributed by atoms with Gasteiger partial charge in [0.15, 0.2) is 0 Å². The second-order valence-corrected chi connectivity index (χ2v) is 13.0. The molecule has 0 nitrogen and oxygen atoms in total. The molecule has 0 spiro atoms. The minimum absolute atomic E-state index is 0. The van der Waals surface area contributed by atoms with Gasteiger partial charge in [0.2, 0.25) is 0 Å². The Bertz CT molecular complexity index is 548. The topological polar surface area (TPSA) is 0 Å². The summed E-state index contributed by atoms with van der Waals surface area (Å²) in [7, 11) is 0. The Morgan fingerprint density at radius 3 is 1.42 bits per heavy atom. The van der Waals surface area contributed by atoms with Crippen LogP contribution in [0.1, 0.15) is 118 Å². The molecule has 0 saturated carbocycles. The Hall–Kier alpha value is 0.423. The molecule has 31 heavy (non-hydrogen) atoms. The molecule has 0 amide bonds. The van der Waals surface area contributed by atoms with Crippen molar-refractivity contribution in [3.05, 3.63) is 42.0 Å². The Balaban J connectivity index is 0.00000450. The molecule has 0 saturated heterocycles. The van der Waals surface area contributed by atoms with E-state index < -0.39 is 23.2 Å². The number of hydrogen-bond donors (Lipinski definition) is 0. The summed E-state index contributed by atoms with van der Waals surface area (Å²) in [6.07, 6.45) is 29.3. The Kier molecular flexibility index (Phi) is 19.1. The Labute approximate surface area is 218 Å². The zero-order valence-electron chi connectivity index (χ0n) is 20.6. The quantitative estimate of drug-likeness (QED) is 0.261. The minimum atomic E-state index is -0.587. The van der Waals surface area contributed by atoms with Crippen molar-refractivity contribution in [1.29, 1.82) is 0 Å². The first-order chi connectivity index (χ1) is 14.2. The number of allylic oxidation sites excluding steroid dienone is 8. The number of unbranched alkanes of at least 4 members (excludes halogenated alkanes) is 8. The van der Waals surface area contributed by atoms with Gasteiger partial charge < -0.3 is 24.8 Å². The summed E-state index contributed by atoms with van der Waals surface area (Å²) in [5.41, 5.74) is 3.50. The van der Waals surface area contributed by atoms with Gasteiger partial charge in [-0.3, -0.25) is 0 Å². The molecule has 0 bridgehead atoms. The third-order valence-electron chi connectivity index (χ3n) is 6.78. The molecule has 2 unspecified atom stereocenters. The number of hydrogen-bond acceptors (Lipinski definition) is 0. The first-order valence-electron chi connectivity index (χ1n) is 12.7. The fourth-order valence-electron chi connectivity index (χ4n) is 4.82. The molecule has 0 aliphatic heterocycles. The summed E-state index contributed by atoms with van der Waals surface area (Å²) >= 11 is -0.587. The molecular weight excluding hydrogens is 498 g/mol. The van der Waals surface area contributed by atoms with Gasteiger partial charge in [0.1, 0.15) is 0 Å². The van der Waals surface area contributed by atoms with Crippen LogP contribution in [0.25, 0.3) is 0 Å². The molecule has 0 aromatic heterocycles. The van der Waals surface area contributed by atoms with Crippen molar-refractivity contribution in [2.75, 3.05) is 0 Å². The van der Waals surface area contributed by atoms with Gasteiger partial charge in [-0.1, -0.05) is 0 Å². The van der Waals surface area contributed by atoms with Gasteiger partial charge in [0.05, 0.1) is 0 Å². The second kappa shape index (κ2) is 18.8. The van der Waals surface area contributed by atoms with Gasteiger partial charge in [-0.25, -0.2) is 0 Å². The molecule has 2 rings (SSSR count). The fourth-order valence-corrected chi connectivity index (χ4v) is 9.12. The largest absolute Gasteiger partial charge is 1.00 e. The monoisotopic (exact) mass is 542 g/mol. The van der Waals surface area contributed by atoms with E-state index in [0.717, 1.165) is 11.8 Å². The van der Waals surface area contributed by atoms with Gasteiger partial charge in [-0.05, 0) is 0 Å². The molecule has 0 aromatic rings. The minimum Gasteiger partial charge on any atom is -1.00 e. The van der Waals surface area contributed by atoms with E-state index in [1.807, 2.05) is 6.56 Å². The molecule has 2 atom stereocenters. The Morgan fingerprint density at radius 2 is 1.03 bits per heavy atom. The number of halogens is 2. The van der Waals surface area contributed by atoms with E-state index in [0.29, 0.717) is 0 Å². The third-order valence-corrected chi connectivity index (χ3v) is 10.7. The van der Waals surface area contributed by atoms with E-state index in [1.54, 1.807) is 11.1 Å². The maximum atomic E-state index is 2.49. The standard InChI is InChI=1S/2C14H23.2ClH.Zr/c2*1-3-4-5-6-7-10-13(2)14-11-8-9-12-14;;;/h2*8,11,13H,3-7,9-10H2,1-2H3;2*1H;/q;;;;+2/p-2. The van der Waals surface area contributed by atoms with Crippen molar-refractivity contribution < 1.29 is 48.0 Å². The molecule has 0 fully saturated rings. The average Bonchev–Trinajstić information content (AvgIpc) is 3.37. The molecule has 2 aliphatic rings. The molecule has 0 aromatic carbocycles. The van der Waals surface area contributed by atoms with Gasteiger partial charge in [0, 0.05) is 0 Å². The van der Waals surface area contributed by atoms with Crippen molar-refractivity contribution in [3.63, 3.8) is 0 Å². The molecule has 176 valence electrons. The molecule has 2 aliphatic carbocycles. The maximum absolute atomic E-state index is 2.49.